The molecule has 0 aliphatic rings. The maximum atomic E-state index is 12.0. The number of benzene rings is 1. The zero-order valence-corrected chi connectivity index (χ0v) is 12.3. The summed E-state index contributed by atoms with van der Waals surface area (Å²) in [5.41, 5.74) is 0.690. The third-order valence-corrected chi connectivity index (χ3v) is 4.11. The van der Waals surface area contributed by atoms with Crippen molar-refractivity contribution in [3.63, 3.8) is 0 Å². The third-order valence-electron chi connectivity index (χ3n) is 2.50. The minimum absolute atomic E-state index is 0.227. The molecule has 0 saturated heterocycles. The first-order valence-corrected chi connectivity index (χ1v) is 7.78. The number of oxazole rings is 1. The standard InChI is InChI=1S/C12H15ClN2O2S/c1-12(2,3)11-15-8-6-5-7(13)10(9(8)17-11)18(4,14)16/h5-6,14H,1-4H3. The summed E-state index contributed by atoms with van der Waals surface area (Å²) in [6.07, 6.45) is 1.33. The number of hydrogen-bond acceptors (Lipinski definition) is 4. The summed E-state index contributed by atoms with van der Waals surface area (Å²) < 4.78 is 25.4. The molecular formula is C12H15ClN2O2S. The first-order valence-electron chi connectivity index (χ1n) is 5.44. The van der Waals surface area contributed by atoms with E-state index in [0.29, 0.717) is 17.0 Å². The zero-order valence-electron chi connectivity index (χ0n) is 10.7. The fraction of sp³-hybridized carbons (Fsp3) is 0.417. The normalized spacial score (nSPS) is 15.8. The summed E-state index contributed by atoms with van der Waals surface area (Å²) in [6, 6.07) is 3.32. The van der Waals surface area contributed by atoms with Crippen molar-refractivity contribution < 1.29 is 8.63 Å². The van der Waals surface area contributed by atoms with Gasteiger partial charge in [0.15, 0.2) is 5.58 Å². The summed E-state index contributed by atoms with van der Waals surface area (Å²) in [4.78, 5) is 4.59. The van der Waals surface area contributed by atoms with Gasteiger partial charge in [0.25, 0.3) is 0 Å². The number of nitrogens with one attached hydrogen (secondary N) is 1. The average molecular weight is 287 g/mol. The molecule has 0 aliphatic carbocycles. The summed E-state index contributed by atoms with van der Waals surface area (Å²) in [5, 5.41) is 0.279. The molecule has 0 aliphatic heterocycles. The highest BCUT2D eigenvalue weighted by atomic mass is 35.5. The number of halogens is 1. The molecule has 4 nitrogen and oxygen atoms in total. The highest BCUT2D eigenvalue weighted by molar-refractivity contribution is 7.92. The Labute approximate surface area is 111 Å². The highest BCUT2D eigenvalue weighted by Gasteiger charge is 2.24. The van der Waals surface area contributed by atoms with E-state index in [4.69, 9.17) is 20.8 Å². The first-order chi connectivity index (χ1) is 8.10. The van der Waals surface area contributed by atoms with E-state index in [1.54, 1.807) is 12.1 Å². The van der Waals surface area contributed by atoms with E-state index < -0.39 is 9.73 Å². The van der Waals surface area contributed by atoms with Gasteiger partial charge in [-0.25, -0.2) is 14.0 Å². The van der Waals surface area contributed by atoms with Gasteiger partial charge in [-0.2, -0.15) is 0 Å². The van der Waals surface area contributed by atoms with Gasteiger partial charge in [-0.05, 0) is 12.1 Å². The van der Waals surface area contributed by atoms with E-state index in [-0.39, 0.29) is 15.3 Å². The van der Waals surface area contributed by atoms with Gasteiger partial charge in [0.05, 0.1) is 14.8 Å². The molecule has 2 rings (SSSR count). The predicted octanol–water partition coefficient (Wildman–Crippen LogP) is 3.81. The molecule has 0 bridgehead atoms. The molecule has 1 aromatic heterocycles. The third kappa shape index (κ3) is 2.24. The van der Waals surface area contributed by atoms with E-state index in [1.807, 2.05) is 20.8 Å². The van der Waals surface area contributed by atoms with Crippen LogP contribution in [0.5, 0.6) is 0 Å². The molecule has 0 spiro atoms. The van der Waals surface area contributed by atoms with Crippen LogP contribution in [0.15, 0.2) is 21.4 Å². The van der Waals surface area contributed by atoms with E-state index in [0.717, 1.165) is 0 Å². The number of aromatic nitrogens is 1. The summed E-state index contributed by atoms with van der Waals surface area (Å²) in [7, 11) is -2.96. The fourth-order valence-electron chi connectivity index (χ4n) is 1.63. The Kier molecular flexibility index (Phi) is 2.94. The molecule has 6 heteroatoms. The fourth-order valence-corrected chi connectivity index (χ4v) is 3.16. The van der Waals surface area contributed by atoms with Gasteiger partial charge >= 0.3 is 0 Å². The van der Waals surface area contributed by atoms with Crippen molar-refractivity contribution in [3.05, 3.63) is 23.0 Å². The van der Waals surface area contributed by atoms with Crippen molar-refractivity contribution >= 4 is 32.4 Å². The summed E-state index contributed by atoms with van der Waals surface area (Å²) in [5.74, 6) is 0.546. The SMILES string of the molecule is CC(C)(C)c1nc2ccc(Cl)c(S(C)(=N)=O)c2o1. The number of hydrogen-bond donors (Lipinski definition) is 1. The number of rotatable bonds is 1. The van der Waals surface area contributed by atoms with E-state index in [9.17, 15) is 4.21 Å². The second-order valence-corrected chi connectivity index (χ2v) is 7.84. The van der Waals surface area contributed by atoms with E-state index >= 15 is 0 Å². The zero-order chi connectivity index (χ0) is 13.7. The van der Waals surface area contributed by atoms with Crippen molar-refractivity contribution in [2.24, 2.45) is 0 Å². The lowest BCUT2D eigenvalue weighted by Crippen LogP contribution is -2.10. The second kappa shape index (κ2) is 3.96. The molecule has 1 unspecified atom stereocenters. The Bertz CT molecular complexity index is 711. The topological polar surface area (TPSA) is 67.0 Å². The van der Waals surface area contributed by atoms with Gasteiger partial charge < -0.3 is 4.42 Å². The van der Waals surface area contributed by atoms with Crippen LogP contribution in [0, 0.1) is 4.78 Å². The van der Waals surface area contributed by atoms with Crippen LogP contribution >= 0.6 is 11.6 Å². The van der Waals surface area contributed by atoms with Crippen LogP contribution in [-0.4, -0.2) is 15.4 Å². The number of fused-ring (bicyclic) bond motifs is 1. The monoisotopic (exact) mass is 286 g/mol. The van der Waals surface area contributed by atoms with Gasteiger partial charge in [-0.3, -0.25) is 0 Å². The largest absolute Gasteiger partial charge is 0.439 e. The first kappa shape index (κ1) is 13.4. The Hall–Kier alpha value is -1.07. The minimum Gasteiger partial charge on any atom is -0.439 e. The Balaban J connectivity index is 2.87. The molecule has 1 heterocycles. The van der Waals surface area contributed by atoms with Crippen LogP contribution in [-0.2, 0) is 15.1 Å². The Morgan fingerprint density at radius 1 is 1.39 bits per heavy atom. The van der Waals surface area contributed by atoms with Gasteiger partial charge in [0.1, 0.15) is 10.4 Å². The maximum absolute atomic E-state index is 12.0. The predicted molar refractivity (Wildman–Crippen MR) is 72.8 cm³/mol. The lowest BCUT2D eigenvalue weighted by Gasteiger charge is -2.11. The van der Waals surface area contributed by atoms with Crippen LogP contribution in [0.3, 0.4) is 0 Å². The maximum Gasteiger partial charge on any atom is 0.200 e. The molecule has 1 N–H and O–H groups in total. The smallest absolute Gasteiger partial charge is 0.200 e. The van der Waals surface area contributed by atoms with Crippen LogP contribution < -0.4 is 0 Å². The molecule has 18 heavy (non-hydrogen) atoms. The average Bonchev–Trinajstić information content (AvgIpc) is 2.57. The molecule has 0 radical (unpaired) electrons. The van der Waals surface area contributed by atoms with Crippen LogP contribution in [0.1, 0.15) is 26.7 Å². The molecule has 0 amide bonds. The van der Waals surface area contributed by atoms with Crippen molar-refractivity contribution in [1.82, 2.24) is 4.98 Å². The lowest BCUT2D eigenvalue weighted by molar-refractivity contribution is 0.408. The number of nitrogens with zero attached hydrogens (tertiary/aromatic N) is 1. The van der Waals surface area contributed by atoms with Crippen molar-refractivity contribution in [2.75, 3.05) is 6.26 Å². The quantitative estimate of drug-likeness (QED) is 0.866. The van der Waals surface area contributed by atoms with Gasteiger partial charge in [-0.15, -0.1) is 0 Å². The molecule has 2 aromatic rings. The van der Waals surface area contributed by atoms with Crippen molar-refractivity contribution in [3.8, 4) is 0 Å². The molecular weight excluding hydrogens is 272 g/mol. The van der Waals surface area contributed by atoms with Crippen molar-refractivity contribution in [2.45, 2.75) is 31.1 Å². The molecule has 1 aromatic carbocycles. The van der Waals surface area contributed by atoms with Crippen LogP contribution in [0.4, 0.5) is 0 Å². The Morgan fingerprint density at radius 3 is 2.50 bits per heavy atom. The Morgan fingerprint density at radius 2 is 2.00 bits per heavy atom. The van der Waals surface area contributed by atoms with Crippen LogP contribution in [0.2, 0.25) is 5.02 Å². The van der Waals surface area contributed by atoms with E-state index in [2.05, 4.69) is 4.98 Å². The van der Waals surface area contributed by atoms with E-state index in [1.165, 1.54) is 6.26 Å². The van der Waals surface area contributed by atoms with Gasteiger partial charge in [-0.1, -0.05) is 32.4 Å². The molecule has 1 atom stereocenters. The van der Waals surface area contributed by atoms with Crippen molar-refractivity contribution in [1.29, 1.82) is 4.78 Å². The van der Waals surface area contributed by atoms with Gasteiger partial charge in [0.2, 0.25) is 5.89 Å². The van der Waals surface area contributed by atoms with Gasteiger partial charge in [0, 0.05) is 11.7 Å². The van der Waals surface area contributed by atoms with Crippen LogP contribution in [0.25, 0.3) is 11.1 Å². The molecule has 0 fully saturated rings. The summed E-state index contributed by atoms with van der Waals surface area (Å²) >= 11 is 6.02. The lowest BCUT2D eigenvalue weighted by atomic mass is 9.97. The minimum atomic E-state index is -2.96. The summed E-state index contributed by atoms with van der Waals surface area (Å²) in [6.45, 7) is 5.93. The molecule has 98 valence electrons. The molecule has 0 saturated carbocycles. The highest BCUT2D eigenvalue weighted by Crippen LogP contribution is 2.33. The second-order valence-electron chi connectivity index (χ2n) is 5.34.